The lowest BCUT2D eigenvalue weighted by atomic mass is 10.1. The average Bonchev–Trinajstić information content (AvgIpc) is 2.62. The Bertz CT molecular complexity index is 174. The smallest absolute Gasteiger partial charge is 0.137 e. The number of halogens is 1. The molecule has 76 valence electrons. The normalized spacial score (nSPS) is 28.7. The highest BCUT2D eigenvalue weighted by atomic mass is 19.1. The van der Waals surface area contributed by atoms with Gasteiger partial charge in [0.05, 0.1) is 6.04 Å². The van der Waals surface area contributed by atoms with Crippen molar-refractivity contribution in [2.75, 3.05) is 6.54 Å². The summed E-state index contributed by atoms with van der Waals surface area (Å²) in [5, 5.41) is 0. The lowest BCUT2D eigenvalue weighted by molar-refractivity contribution is -0.112. The lowest BCUT2D eigenvalue weighted by Crippen LogP contribution is -2.43. The van der Waals surface area contributed by atoms with E-state index in [0.717, 1.165) is 25.7 Å². The molecule has 0 aromatic rings. The van der Waals surface area contributed by atoms with Gasteiger partial charge in [-0.1, -0.05) is 6.92 Å². The summed E-state index contributed by atoms with van der Waals surface area (Å²) in [6, 6.07) is -0.150. The number of carbonyl (C=O) groups is 1. The molecule has 0 spiro atoms. The fraction of sp³-hybridized carbons (Fsp3) is 0.900. The van der Waals surface area contributed by atoms with Crippen molar-refractivity contribution in [2.24, 2.45) is 0 Å². The maximum absolute atomic E-state index is 13.3. The molecule has 0 saturated carbocycles. The summed E-state index contributed by atoms with van der Waals surface area (Å²) in [6.07, 6.45) is 2.59. The summed E-state index contributed by atoms with van der Waals surface area (Å²) >= 11 is 0. The Labute approximate surface area is 79.1 Å². The minimum Gasteiger partial charge on any atom is -0.302 e. The van der Waals surface area contributed by atoms with Gasteiger partial charge in [-0.2, -0.15) is 0 Å². The predicted octanol–water partition coefficient (Wildman–Crippen LogP) is 1.79. The molecule has 0 aromatic carbocycles. The maximum Gasteiger partial charge on any atom is 0.137 e. The van der Waals surface area contributed by atoms with E-state index < -0.39 is 6.17 Å². The van der Waals surface area contributed by atoms with E-state index in [0.29, 0.717) is 6.42 Å². The molecule has 1 rings (SSSR count). The molecule has 0 aromatic heterocycles. The number of aldehydes is 1. The molecule has 3 atom stereocenters. The highest BCUT2D eigenvalue weighted by Crippen LogP contribution is 2.22. The van der Waals surface area contributed by atoms with Gasteiger partial charge >= 0.3 is 0 Å². The topological polar surface area (TPSA) is 20.3 Å². The van der Waals surface area contributed by atoms with E-state index in [-0.39, 0.29) is 12.1 Å². The zero-order chi connectivity index (χ0) is 9.84. The minimum atomic E-state index is -0.805. The zero-order valence-electron chi connectivity index (χ0n) is 8.37. The van der Waals surface area contributed by atoms with Crippen molar-refractivity contribution >= 4 is 6.29 Å². The molecule has 13 heavy (non-hydrogen) atoms. The first-order chi connectivity index (χ1) is 6.20. The summed E-state index contributed by atoms with van der Waals surface area (Å²) in [7, 11) is 0. The van der Waals surface area contributed by atoms with Crippen LogP contribution in [-0.2, 0) is 4.79 Å². The second kappa shape index (κ2) is 4.70. The number of hydrogen-bond donors (Lipinski definition) is 0. The van der Waals surface area contributed by atoms with Gasteiger partial charge in [0.25, 0.3) is 0 Å². The van der Waals surface area contributed by atoms with E-state index in [4.69, 9.17) is 0 Å². The Hall–Kier alpha value is -0.440. The molecule has 0 aliphatic carbocycles. The monoisotopic (exact) mass is 187 g/mol. The van der Waals surface area contributed by atoms with Gasteiger partial charge in [-0.25, -0.2) is 4.39 Å². The zero-order valence-corrected chi connectivity index (χ0v) is 8.37. The summed E-state index contributed by atoms with van der Waals surface area (Å²) in [4.78, 5) is 12.7. The molecule has 3 heteroatoms. The summed E-state index contributed by atoms with van der Waals surface area (Å²) < 4.78 is 13.3. The van der Waals surface area contributed by atoms with Crippen molar-refractivity contribution in [3.8, 4) is 0 Å². The standard InChI is InChI=1S/C10H18FNO/c1-3-10(11)8(2)12-6-4-5-9(12)7-13/h7-10H,3-6H2,1-2H3/t8?,9-,10?/m0/s1. The van der Waals surface area contributed by atoms with Gasteiger partial charge in [-0.05, 0) is 32.7 Å². The number of alkyl halides is 1. The minimum absolute atomic E-state index is 0.0419. The molecule has 2 nitrogen and oxygen atoms in total. The average molecular weight is 187 g/mol. The van der Waals surface area contributed by atoms with Crippen molar-refractivity contribution in [3.05, 3.63) is 0 Å². The Kier molecular flexibility index (Phi) is 3.85. The van der Waals surface area contributed by atoms with E-state index in [1.165, 1.54) is 0 Å². The SMILES string of the molecule is CCC(F)C(C)N1CCC[C@H]1C=O. The summed E-state index contributed by atoms with van der Waals surface area (Å²) in [5.41, 5.74) is 0. The second-order valence-electron chi connectivity index (χ2n) is 3.75. The first kappa shape index (κ1) is 10.6. The van der Waals surface area contributed by atoms with E-state index in [9.17, 15) is 9.18 Å². The van der Waals surface area contributed by atoms with Gasteiger partial charge in [-0.3, -0.25) is 4.90 Å². The van der Waals surface area contributed by atoms with Gasteiger partial charge in [0.2, 0.25) is 0 Å². The Morgan fingerprint density at radius 2 is 2.38 bits per heavy atom. The van der Waals surface area contributed by atoms with Crippen molar-refractivity contribution in [3.63, 3.8) is 0 Å². The molecular formula is C10H18FNO. The van der Waals surface area contributed by atoms with Crippen LogP contribution in [0.25, 0.3) is 0 Å². The Balaban J connectivity index is 2.54. The van der Waals surface area contributed by atoms with Crippen molar-refractivity contribution in [2.45, 2.75) is 51.4 Å². The van der Waals surface area contributed by atoms with Gasteiger partial charge in [-0.15, -0.1) is 0 Å². The van der Waals surface area contributed by atoms with Crippen LogP contribution in [0.1, 0.15) is 33.1 Å². The molecule has 1 aliphatic rings. The van der Waals surface area contributed by atoms with Gasteiger partial charge in [0.15, 0.2) is 0 Å². The van der Waals surface area contributed by atoms with Crippen molar-refractivity contribution in [1.29, 1.82) is 0 Å². The Morgan fingerprint density at radius 1 is 1.69 bits per heavy atom. The first-order valence-electron chi connectivity index (χ1n) is 5.05. The molecule has 1 heterocycles. The molecule has 1 saturated heterocycles. The van der Waals surface area contributed by atoms with Crippen LogP contribution in [0.15, 0.2) is 0 Å². The quantitative estimate of drug-likeness (QED) is 0.625. The maximum atomic E-state index is 13.3. The van der Waals surface area contributed by atoms with Crippen LogP contribution < -0.4 is 0 Å². The highest BCUT2D eigenvalue weighted by Gasteiger charge is 2.31. The molecule has 1 fully saturated rings. The van der Waals surface area contributed by atoms with E-state index in [1.54, 1.807) is 0 Å². The molecular weight excluding hydrogens is 169 g/mol. The third kappa shape index (κ3) is 2.27. The van der Waals surface area contributed by atoms with Crippen molar-refractivity contribution < 1.29 is 9.18 Å². The van der Waals surface area contributed by atoms with Gasteiger partial charge in [0.1, 0.15) is 12.5 Å². The number of carbonyl (C=O) groups excluding carboxylic acids is 1. The number of nitrogens with zero attached hydrogens (tertiary/aromatic N) is 1. The highest BCUT2D eigenvalue weighted by molar-refractivity contribution is 5.58. The number of hydrogen-bond acceptors (Lipinski definition) is 2. The second-order valence-corrected chi connectivity index (χ2v) is 3.75. The predicted molar refractivity (Wildman–Crippen MR) is 50.4 cm³/mol. The van der Waals surface area contributed by atoms with Crippen LogP contribution in [0.5, 0.6) is 0 Å². The van der Waals surface area contributed by atoms with Crippen LogP contribution in [-0.4, -0.2) is 36.0 Å². The van der Waals surface area contributed by atoms with Crippen LogP contribution >= 0.6 is 0 Å². The van der Waals surface area contributed by atoms with Crippen LogP contribution in [0.3, 0.4) is 0 Å². The molecule has 1 aliphatic heterocycles. The Morgan fingerprint density at radius 3 is 2.92 bits per heavy atom. The van der Waals surface area contributed by atoms with Crippen LogP contribution in [0.2, 0.25) is 0 Å². The molecule has 0 bridgehead atoms. The van der Waals surface area contributed by atoms with E-state index in [1.807, 2.05) is 18.7 Å². The lowest BCUT2D eigenvalue weighted by Gasteiger charge is -2.29. The van der Waals surface area contributed by atoms with E-state index >= 15 is 0 Å². The third-order valence-corrected chi connectivity index (χ3v) is 2.94. The molecule has 0 radical (unpaired) electrons. The summed E-state index contributed by atoms with van der Waals surface area (Å²) in [6.45, 7) is 4.58. The van der Waals surface area contributed by atoms with Crippen LogP contribution in [0.4, 0.5) is 4.39 Å². The summed E-state index contributed by atoms with van der Waals surface area (Å²) in [5.74, 6) is 0. The first-order valence-corrected chi connectivity index (χ1v) is 5.05. The largest absolute Gasteiger partial charge is 0.302 e. The number of rotatable bonds is 4. The molecule has 0 N–H and O–H groups in total. The fourth-order valence-electron chi connectivity index (χ4n) is 2.02. The van der Waals surface area contributed by atoms with E-state index in [2.05, 4.69) is 0 Å². The third-order valence-electron chi connectivity index (χ3n) is 2.94. The van der Waals surface area contributed by atoms with Crippen molar-refractivity contribution in [1.82, 2.24) is 4.90 Å². The van der Waals surface area contributed by atoms with Gasteiger partial charge in [0, 0.05) is 6.04 Å². The van der Waals surface area contributed by atoms with Crippen LogP contribution in [0, 0.1) is 0 Å². The fourth-order valence-corrected chi connectivity index (χ4v) is 2.02. The molecule has 0 amide bonds. The molecule has 2 unspecified atom stereocenters. The van der Waals surface area contributed by atoms with Gasteiger partial charge < -0.3 is 4.79 Å². The number of likely N-dealkylation sites (tertiary alicyclic amines) is 1.